The number of sulfone groups is 1. The quantitative estimate of drug-likeness (QED) is 0.714. The van der Waals surface area contributed by atoms with Gasteiger partial charge in [-0.25, -0.2) is 13.2 Å². The van der Waals surface area contributed by atoms with Crippen molar-refractivity contribution in [1.29, 1.82) is 0 Å². The van der Waals surface area contributed by atoms with Crippen molar-refractivity contribution in [3.63, 3.8) is 0 Å². The molecule has 0 aliphatic carbocycles. The van der Waals surface area contributed by atoms with Gasteiger partial charge in [0.05, 0.1) is 17.9 Å². The van der Waals surface area contributed by atoms with Gasteiger partial charge in [0.15, 0.2) is 9.84 Å². The van der Waals surface area contributed by atoms with Gasteiger partial charge in [0.1, 0.15) is 5.60 Å². The van der Waals surface area contributed by atoms with E-state index in [-0.39, 0.29) is 18.2 Å². The second kappa shape index (κ2) is 7.93. The number of hydrogen-bond donors (Lipinski definition) is 0. The summed E-state index contributed by atoms with van der Waals surface area (Å²) in [5, 5.41) is 0. The number of amides is 1. The molecule has 1 unspecified atom stereocenters. The second-order valence-electron chi connectivity index (χ2n) is 7.13. The molecule has 24 heavy (non-hydrogen) atoms. The van der Waals surface area contributed by atoms with Gasteiger partial charge in [0, 0.05) is 12.6 Å². The second-order valence-corrected chi connectivity index (χ2v) is 9.43. The molecule has 142 valence electrons. The summed E-state index contributed by atoms with van der Waals surface area (Å²) in [5.74, 6) is -1.17. The molecule has 1 heterocycles. The lowest BCUT2D eigenvalue weighted by Gasteiger charge is -2.28. The average Bonchev–Trinajstić information content (AvgIpc) is 2.82. The Balaban J connectivity index is 2.44. The van der Waals surface area contributed by atoms with Crippen LogP contribution in [-0.4, -0.2) is 55.3 Å². The summed E-state index contributed by atoms with van der Waals surface area (Å²) in [6.45, 7) is 5.86. The highest BCUT2D eigenvalue weighted by Crippen LogP contribution is 2.25. The molecule has 0 spiro atoms. The molecule has 1 aliphatic heterocycles. The van der Waals surface area contributed by atoms with Crippen molar-refractivity contribution in [3.8, 4) is 0 Å². The Bertz CT molecular complexity index is 526. The summed E-state index contributed by atoms with van der Waals surface area (Å²) in [6.07, 6.45) is -3.96. The highest BCUT2D eigenvalue weighted by Gasteiger charge is 2.33. The molecule has 1 aliphatic rings. The Hall–Kier alpha value is -0.990. The molecule has 0 radical (unpaired) electrons. The first kappa shape index (κ1) is 21.1. The number of carbonyl (C=O) groups is 1. The van der Waals surface area contributed by atoms with Crippen molar-refractivity contribution < 1.29 is 31.1 Å². The zero-order chi connectivity index (χ0) is 18.6. The van der Waals surface area contributed by atoms with Crippen molar-refractivity contribution >= 4 is 15.9 Å². The molecule has 0 aromatic heterocycles. The minimum absolute atomic E-state index is 0.113. The van der Waals surface area contributed by atoms with Crippen molar-refractivity contribution in [2.24, 2.45) is 0 Å². The maximum atomic E-state index is 12.1. The number of likely N-dealkylation sites (tertiary alicyclic amines) is 1. The maximum Gasteiger partial charge on any atom is 0.410 e. The Morgan fingerprint density at radius 1 is 1.21 bits per heavy atom. The topological polar surface area (TPSA) is 63.7 Å². The lowest BCUT2D eigenvalue weighted by molar-refractivity contribution is -0.129. The van der Waals surface area contributed by atoms with E-state index in [1.54, 1.807) is 25.7 Å². The van der Waals surface area contributed by atoms with Gasteiger partial charge in [0.2, 0.25) is 0 Å². The molecule has 1 saturated heterocycles. The van der Waals surface area contributed by atoms with Gasteiger partial charge < -0.3 is 9.64 Å². The summed E-state index contributed by atoms with van der Waals surface area (Å²) in [5.41, 5.74) is -0.606. The fraction of sp³-hybridized carbons (Fsp3) is 0.933. The van der Waals surface area contributed by atoms with Gasteiger partial charge in [-0.1, -0.05) is 0 Å². The van der Waals surface area contributed by atoms with Crippen LogP contribution in [0.5, 0.6) is 0 Å². The van der Waals surface area contributed by atoms with E-state index in [2.05, 4.69) is 0 Å². The fourth-order valence-electron chi connectivity index (χ4n) is 2.61. The van der Waals surface area contributed by atoms with Crippen LogP contribution in [0.2, 0.25) is 0 Å². The zero-order valence-electron chi connectivity index (χ0n) is 14.4. The number of rotatable bonds is 6. The normalized spacial score (nSPS) is 19.6. The van der Waals surface area contributed by atoms with Crippen LogP contribution in [0, 0.1) is 0 Å². The highest BCUT2D eigenvalue weighted by molar-refractivity contribution is 7.91. The van der Waals surface area contributed by atoms with E-state index < -0.39 is 39.9 Å². The minimum atomic E-state index is -4.47. The lowest BCUT2D eigenvalue weighted by Crippen LogP contribution is -2.40. The molecule has 1 atom stereocenters. The molecular formula is C15H26F3NO4S. The van der Waals surface area contributed by atoms with Gasteiger partial charge in [-0.2, -0.15) is 13.2 Å². The Morgan fingerprint density at radius 2 is 1.83 bits per heavy atom. The van der Waals surface area contributed by atoms with Crippen molar-refractivity contribution in [2.75, 3.05) is 18.1 Å². The third-order valence-corrected chi connectivity index (χ3v) is 5.43. The summed E-state index contributed by atoms with van der Waals surface area (Å²) in [7, 11) is -3.73. The third-order valence-electron chi connectivity index (χ3n) is 3.69. The molecule has 0 saturated carbocycles. The predicted octanol–water partition coefficient (Wildman–Crippen LogP) is 3.53. The molecule has 9 heteroatoms. The van der Waals surface area contributed by atoms with Gasteiger partial charge in [-0.05, 0) is 46.5 Å². The first-order chi connectivity index (χ1) is 10.8. The summed E-state index contributed by atoms with van der Waals surface area (Å²) >= 11 is 0. The van der Waals surface area contributed by atoms with Crippen molar-refractivity contribution in [2.45, 2.75) is 70.7 Å². The molecule has 0 bridgehead atoms. The number of nitrogens with zero attached hydrogens (tertiary/aromatic N) is 1. The molecule has 5 nitrogen and oxygen atoms in total. The Labute approximate surface area is 141 Å². The number of carbonyl (C=O) groups excluding carboxylic acids is 1. The summed E-state index contributed by atoms with van der Waals surface area (Å²) in [4.78, 5) is 13.7. The zero-order valence-corrected chi connectivity index (χ0v) is 15.2. The monoisotopic (exact) mass is 373 g/mol. The van der Waals surface area contributed by atoms with Crippen molar-refractivity contribution in [1.82, 2.24) is 4.90 Å². The van der Waals surface area contributed by atoms with Crippen LogP contribution in [0.15, 0.2) is 0 Å². The number of hydrogen-bond acceptors (Lipinski definition) is 4. The standard InChI is InChI=1S/C15H26F3NO4S/c1-14(2,3)23-13(20)19-9-4-6-12(19)7-5-10-24(21,22)11-8-15(16,17)18/h12H,4-11H2,1-3H3. The van der Waals surface area contributed by atoms with Crippen LogP contribution in [0.4, 0.5) is 18.0 Å². The van der Waals surface area contributed by atoms with Crippen LogP contribution in [-0.2, 0) is 14.6 Å². The lowest BCUT2D eigenvalue weighted by atomic mass is 10.1. The molecule has 1 fully saturated rings. The SMILES string of the molecule is CC(C)(C)OC(=O)N1CCCC1CCCS(=O)(=O)CCC(F)(F)F. The summed E-state index contributed by atoms with van der Waals surface area (Å²) < 4.78 is 64.9. The van der Waals surface area contributed by atoms with Crippen LogP contribution in [0.1, 0.15) is 52.9 Å². The van der Waals surface area contributed by atoms with E-state index >= 15 is 0 Å². The third kappa shape index (κ3) is 8.21. The van der Waals surface area contributed by atoms with E-state index in [1.165, 1.54) is 0 Å². The molecule has 0 aromatic carbocycles. The van der Waals surface area contributed by atoms with E-state index in [0.717, 1.165) is 12.8 Å². The minimum Gasteiger partial charge on any atom is -0.444 e. The predicted molar refractivity (Wildman–Crippen MR) is 84.5 cm³/mol. The van der Waals surface area contributed by atoms with Crippen molar-refractivity contribution in [3.05, 3.63) is 0 Å². The number of halogens is 3. The number of alkyl halides is 3. The van der Waals surface area contributed by atoms with Crippen LogP contribution in [0.3, 0.4) is 0 Å². The molecule has 0 aromatic rings. The average molecular weight is 373 g/mol. The van der Waals surface area contributed by atoms with E-state index in [9.17, 15) is 26.4 Å². The van der Waals surface area contributed by atoms with Crippen LogP contribution < -0.4 is 0 Å². The van der Waals surface area contributed by atoms with Gasteiger partial charge in [-0.15, -0.1) is 0 Å². The smallest absolute Gasteiger partial charge is 0.410 e. The fourth-order valence-corrected chi connectivity index (χ4v) is 3.96. The first-order valence-corrected chi connectivity index (χ1v) is 9.88. The number of ether oxygens (including phenoxy) is 1. The first-order valence-electron chi connectivity index (χ1n) is 8.06. The highest BCUT2D eigenvalue weighted by atomic mass is 32.2. The Morgan fingerprint density at radius 3 is 2.38 bits per heavy atom. The largest absolute Gasteiger partial charge is 0.444 e. The van der Waals surface area contributed by atoms with Crippen LogP contribution >= 0.6 is 0 Å². The molecule has 0 N–H and O–H groups in total. The molecular weight excluding hydrogens is 347 g/mol. The molecule has 1 rings (SSSR count). The maximum absolute atomic E-state index is 12.1. The van der Waals surface area contributed by atoms with Gasteiger partial charge >= 0.3 is 12.3 Å². The van der Waals surface area contributed by atoms with E-state index in [0.29, 0.717) is 13.0 Å². The van der Waals surface area contributed by atoms with Gasteiger partial charge in [-0.3, -0.25) is 0 Å². The van der Waals surface area contributed by atoms with E-state index in [1.807, 2.05) is 0 Å². The van der Waals surface area contributed by atoms with E-state index in [4.69, 9.17) is 4.74 Å². The summed E-state index contributed by atoms with van der Waals surface area (Å²) in [6, 6.07) is -0.113. The molecule has 1 amide bonds. The van der Waals surface area contributed by atoms with Crippen LogP contribution in [0.25, 0.3) is 0 Å². The van der Waals surface area contributed by atoms with Gasteiger partial charge in [0.25, 0.3) is 0 Å². The Kier molecular flexibility index (Phi) is 6.95.